The number of unbranched alkanes of at least 4 members (excludes halogenated alkanes) is 5. The summed E-state index contributed by atoms with van der Waals surface area (Å²) < 4.78 is 0. The van der Waals surface area contributed by atoms with Crippen molar-refractivity contribution in [3.8, 4) is 0 Å². The topological polar surface area (TPSA) is 74.6 Å². The Bertz CT molecular complexity index is 293. The van der Waals surface area contributed by atoms with Gasteiger partial charge in [-0.3, -0.25) is 9.59 Å². The second-order valence-corrected chi connectivity index (χ2v) is 6.28. The van der Waals surface area contributed by atoms with Crippen molar-refractivity contribution < 1.29 is 19.8 Å². The van der Waals surface area contributed by atoms with E-state index in [0.29, 0.717) is 6.42 Å². The Labute approximate surface area is 162 Å². The van der Waals surface area contributed by atoms with E-state index in [1.54, 1.807) is 20.8 Å². The third kappa shape index (κ3) is 6.10. The standard InChI is InChI=1S/C15H28O4.Ba.2H/c1-5-6-7-8-9-10-11-15(12(16)17,13(18)19)14(2,3)4;;;/h5-11H2,1-4H3,(H,16,17)(H,18,19);;;. The first-order chi connectivity index (χ1) is 8.70. The molecule has 0 aliphatic rings. The van der Waals surface area contributed by atoms with Crippen molar-refractivity contribution in [2.45, 2.75) is 72.6 Å². The van der Waals surface area contributed by atoms with Gasteiger partial charge in [-0.2, -0.15) is 0 Å². The van der Waals surface area contributed by atoms with E-state index in [1.807, 2.05) is 0 Å². The molecule has 0 fully saturated rings. The normalized spacial score (nSPS) is 11.8. The first-order valence-electron chi connectivity index (χ1n) is 7.17. The first-order valence-corrected chi connectivity index (χ1v) is 7.17. The molecule has 2 N–H and O–H groups in total. The number of hydrogen-bond acceptors (Lipinski definition) is 2. The van der Waals surface area contributed by atoms with Crippen molar-refractivity contribution in [2.75, 3.05) is 0 Å². The van der Waals surface area contributed by atoms with Gasteiger partial charge in [0.15, 0.2) is 5.41 Å². The Morgan fingerprint density at radius 1 is 0.850 bits per heavy atom. The van der Waals surface area contributed by atoms with Gasteiger partial charge in [0.25, 0.3) is 0 Å². The van der Waals surface area contributed by atoms with Crippen molar-refractivity contribution in [1.29, 1.82) is 0 Å². The molecule has 0 aromatic carbocycles. The maximum absolute atomic E-state index is 11.5. The van der Waals surface area contributed by atoms with Gasteiger partial charge in [-0.15, -0.1) is 0 Å². The third-order valence-electron chi connectivity index (χ3n) is 3.92. The molecule has 0 atom stereocenters. The van der Waals surface area contributed by atoms with Gasteiger partial charge in [-0.1, -0.05) is 66.2 Å². The van der Waals surface area contributed by atoms with Crippen LogP contribution >= 0.6 is 0 Å². The van der Waals surface area contributed by atoms with E-state index in [4.69, 9.17) is 0 Å². The molecule has 5 heteroatoms. The molecule has 0 heterocycles. The Hall–Kier alpha value is 0.511. The molecular weight excluding hydrogens is 381 g/mol. The van der Waals surface area contributed by atoms with E-state index in [-0.39, 0.29) is 55.3 Å². The molecule has 0 amide bonds. The molecule has 0 radical (unpaired) electrons. The van der Waals surface area contributed by atoms with Crippen molar-refractivity contribution in [1.82, 2.24) is 0 Å². The second-order valence-electron chi connectivity index (χ2n) is 6.28. The van der Waals surface area contributed by atoms with Crippen LogP contribution in [0.15, 0.2) is 0 Å². The summed E-state index contributed by atoms with van der Waals surface area (Å²) in [5.74, 6) is -2.44. The second kappa shape index (κ2) is 10.3. The number of carboxylic acid groups (broad SMARTS) is 2. The molecule has 20 heavy (non-hydrogen) atoms. The predicted octanol–water partition coefficient (Wildman–Crippen LogP) is 3.02. The molecule has 0 aliphatic carbocycles. The fraction of sp³-hybridized carbons (Fsp3) is 0.867. The van der Waals surface area contributed by atoms with Crippen LogP contribution in [0.4, 0.5) is 0 Å². The van der Waals surface area contributed by atoms with Gasteiger partial charge < -0.3 is 10.2 Å². The van der Waals surface area contributed by atoms with Crippen molar-refractivity contribution >= 4 is 60.8 Å². The van der Waals surface area contributed by atoms with E-state index in [9.17, 15) is 19.8 Å². The molecule has 4 nitrogen and oxygen atoms in total. The van der Waals surface area contributed by atoms with E-state index < -0.39 is 22.8 Å². The van der Waals surface area contributed by atoms with Crippen molar-refractivity contribution in [3.63, 3.8) is 0 Å². The fourth-order valence-electron chi connectivity index (χ4n) is 2.49. The Morgan fingerprint density at radius 3 is 1.60 bits per heavy atom. The summed E-state index contributed by atoms with van der Waals surface area (Å²) in [4.78, 5) is 23.0. The van der Waals surface area contributed by atoms with Gasteiger partial charge in [0, 0.05) is 0 Å². The van der Waals surface area contributed by atoms with Crippen molar-refractivity contribution in [2.24, 2.45) is 10.8 Å². The summed E-state index contributed by atoms with van der Waals surface area (Å²) in [7, 11) is 0. The van der Waals surface area contributed by atoms with Gasteiger partial charge in [-0.25, -0.2) is 0 Å². The first kappa shape index (κ1) is 22.8. The molecule has 0 aliphatic heterocycles. The van der Waals surface area contributed by atoms with Gasteiger partial charge in [-0.05, 0) is 11.8 Å². The molecule has 0 bridgehead atoms. The van der Waals surface area contributed by atoms with Crippen molar-refractivity contribution in [3.05, 3.63) is 0 Å². The molecule has 0 rings (SSSR count). The Balaban J connectivity index is 0. The van der Waals surface area contributed by atoms with Crippen LogP contribution < -0.4 is 0 Å². The van der Waals surface area contributed by atoms with Crippen LogP contribution in [0.1, 0.15) is 72.6 Å². The number of carbonyl (C=O) groups is 2. The summed E-state index contributed by atoms with van der Waals surface area (Å²) in [6.45, 7) is 7.20. The minimum atomic E-state index is -1.68. The Kier molecular flexibility index (Phi) is 11.7. The summed E-state index contributed by atoms with van der Waals surface area (Å²) in [5.41, 5.74) is -2.48. The fourth-order valence-corrected chi connectivity index (χ4v) is 2.49. The number of hydrogen-bond donors (Lipinski definition) is 2. The van der Waals surface area contributed by atoms with Gasteiger partial charge in [0.05, 0.1) is 0 Å². The van der Waals surface area contributed by atoms with E-state index >= 15 is 0 Å². The number of aliphatic carboxylic acids is 2. The van der Waals surface area contributed by atoms with Crippen LogP contribution in [-0.4, -0.2) is 71.0 Å². The Morgan fingerprint density at radius 2 is 1.25 bits per heavy atom. The van der Waals surface area contributed by atoms with Gasteiger partial charge in [0.1, 0.15) is 0 Å². The van der Waals surface area contributed by atoms with Crippen LogP contribution in [0, 0.1) is 10.8 Å². The van der Waals surface area contributed by atoms with E-state index in [2.05, 4.69) is 6.92 Å². The molecule has 0 saturated carbocycles. The zero-order chi connectivity index (χ0) is 15.1. The predicted molar refractivity (Wildman–Crippen MR) is 83.7 cm³/mol. The summed E-state index contributed by atoms with van der Waals surface area (Å²) >= 11 is 0. The molecule has 116 valence electrons. The van der Waals surface area contributed by atoms with Crippen LogP contribution in [0.3, 0.4) is 0 Å². The van der Waals surface area contributed by atoms with Gasteiger partial charge >= 0.3 is 60.8 Å². The molecular formula is C15H30BaO4. The maximum atomic E-state index is 11.5. The van der Waals surface area contributed by atoms with Crippen LogP contribution in [0.5, 0.6) is 0 Å². The molecule has 0 saturated heterocycles. The summed E-state index contributed by atoms with van der Waals surface area (Å²) in [6.07, 6.45) is 6.29. The van der Waals surface area contributed by atoms with Crippen LogP contribution in [0.25, 0.3) is 0 Å². The molecule has 0 spiro atoms. The number of carboxylic acids is 2. The van der Waals surface area contributed by atoms with Crippen LogP contribution in [-0.2, 0) is 9.59 Å². The zero-order valence-corrected chi connectivity index (χ0v) is 12.7. The molecule has 0 aromatic rings. The zero-order valence-electron chi connectivity index (χ0n) is 12.7. The number of rotatable bonds is 9. The van der Waals surface area contributed by atoms with Gasteiger partial charge in [0.2, 0.25) is 0 Å². The molecule has 0 aromatic heterocycles. The third-order valence-corrected chi connectivity index (χ3v) is 3.92. The average molecular weight is 412 g/mol. The van der Waals surface area contributed by atoms with E-state index in [0.717, 1.165) is 25.7 Å². The van der Waals surface area contributed by atoms with E-state index in [1.165, 1.54) is 6.42 Å². The van der Waals surface area contributed by atoms with Crippen LogP contribution in [0.2, 0.25) is 0 Å². The SMILES string of the molecule is CCCCCCCCC(C(=O)O)(C(=O)O)C(C)(C)C.[BaH2]. The minimum absolute atomic E-state index is 0. The summed E-state index contributed by atoms with van der Waals surface area (Å²) in [5, 5.41) is 18.8. The monoisotopic (exact) mass is 412 g/mol. The average Bonchev–Trinajstić information content (AvgIpc) is 2.25. The quantitative estimate of drug-likeness (QED) is 0.347. The summed E-state index contributed by atoms with van der Waals surface area (Å²) in [6, 6.07) is 0. The molecule has 0 unspecified atom stereocenters.